The Kier molecular flexibility index (Phi) is 4.32. The Morgan fingerprint density at radius 3 is 2.17 bits per heavy atom. The number of benzene rings is 1. The summed E-state index contributed by atoms with van der Waals surface area (Å²) in [5.41, 5.74) is -0.953. The molecule has 0 unspecified atom stereocenters. The first-order valence-electron chi connectivity index (χ1n) is 8.10. The maximum Gasteiger partial charge on any atom is 0.416 e. The van der Waals surface area contributed by atoms with Crippen LogP contribution in [0.4, 0.5) is 18.9 Å². The smallest absolute Gasteiger partial charge is 0.271 e. The number of anilines is 1. The van der Waals surface area contributed by atoms with Crippen LogP contribution in [0.1, 0.15) is 44.6 Å². The summed E-state index contributed by atoms with van der Waals surface area (Å²) < 4.78 is 66.8. The van der Waals surface area contributed by atoms with E-state index >= 15 is 0 Å². The third-order valence-corrected chi connectivity index (χ3v) is 6.91. The predicted molar refractivity (Wildman–Crippen MR) is 85.7 cm³/mol. The van der Waals surface area contributed by atoms with E-state index in [1.807, 2.05) is 0 Å². The summed E-state index contributed by atoms with van der Waals surface area (Å²) in [6.07, 6.45) is 0.133. The predicted octanol–water partition coefficient (Wildman–Crippen LogP) is 4.02. The van der Waals surface area contributed by atoms with Gasteiger partial charge in [0.1, 0.15) is 0 Å². The Morgan fingerprint density at radius 1 is 1.12 bits per heavy atom. The minimum atomic E-state index is -4.43. The van der Waals surface area contributed by atoms with Gasteiger partial charge in [-0.3, -0.25) is 4.72 Å². The Balaban J connectivity index is 1.72. The summed E-state index contributed by atoms with van der Waals surface area (Å²) >= 11 is 0. The molecule has 2 aliphatic rings. The summed E-state index contributed by atoms with van der Waals surface area (Å²) in [4.78, 5) is 0. The largest absolute Gasteiger partial charge is 0.416 e. The van der Waals surface area contributed by atoms with Gasteiger partial charge >= 0.3 is 16.4 Å². The zero-order valence-corrected chi connectivity index (χ0v) is 14.3. The molecule has 134 valence electrons. The van der Waals surface area contributed by atoms with E-state index in [-0.39, 0.29) is 11.2 Å². The van der Waals surface area contributed by atoms with Gasteiger partial charge in [0.2, 0.25) is 0 Å². The maximum absolute atomic E-state index is 12.6. The third-order valence-electron chi connectivity index (χ3n) is 5.26. The summed E-state index contributed by atoms with van der Waals surface area (Å²) in [6.45, 7) is 2.63. The molecule has 1 aliphatic carbocycles. The second-order valence-corrected chi connectivity index (χ2v) is 8.51. The Bertz CT molecular complexity index is 693. The van der Waals surface area contributed by atoms with E-state index < -0.39 is 21.9 Å². The van der Waals surface area contributed by atoms with Crippen LogP contribution < -0.4 is 4.72 Å². The molecule has 1 saturated heterocycles. The van der Waals surface area contributed by atoms with Crippen LogP contribution >= 0.6 is 0 Å². The van der Waals surface area contributed by atoms with Gasteiger partial charge in [-0.05, 0) is 62.3 Å². The Morgan fingerprint density at radius 2 is 1.71 bits per heavy atom. The van der Waals surface area contributed by atoms with Crippen molar-refractivity contribution in [3.8, 4) is 0 Å². The lowest BCUT2D eigenvalue weighted by molar-refractivity contribution is -0.137. The summed E-state index contributed by atoms with van der Waals surface area (Å²) in [7, 11) is -3.75. The number of rotatable bonds is 3. The van der Waals surface area contributed by atoms with Crippen LogP contribution in [0, 0.1) is 5.92 Å². The molecule has 0 bridgehead atoms. The van der Waals surface area contributed by atoms with E-state index in [1.54, 1.807) is 0 Å². The first kappa shape index (κ1) is 17.5. The second kappa shape index (κ2) is 5.91. The second-order valence-electron chi connectivity index (χ2n) is 6.91. The molecule has 3 rings (SSSR count). The molecule has 4 nitrogen and oxygen atoms in total. The first-order chi connectivity index (χ1) is 11.1. The third kappa shape index (κ3) is 3.26. The highest BCUT2D eigenvalue weighted by molar-refractivity contribution is 7.90. The van der Waals surface area contributed by atoms with Crippen LogP contribution in [-0.2, 0) is 16.4 Å². The van der Waals surface area contributed by atoms with Crippen molar-refractivity contribution < 1.29 is 21.6 Å². The minimum Gasteiger partial charge on any atom is -0.271 e. The SMILES string of the molecule is CC1CCC2(CC1)CCN2S(=O)(=O)Nc1ccc(C(F)(F)F)cc1. The number of halogens is 3. The number of alkyl halides is 3. The van der Waals surface area contributed by atoms with Crippen LogP contribution in [0.2, 0.25) is 0 Å². The quantitative estimate of drug-likeness (QED) is 0.883. The average Bonchev–Trinajstić information content (AvgIpc) is 2.45. The molecule has 2 fully saturated rings. The maximum atomic E-state index is 12.6. The number of hydrogen-bond acceptors (Lipinski definition) is 2. The summed E-state index contributed by atoms with van der Waals surface area (Å²) in [5.74, 6) is 0.614. The van der Waals surface area contributed by atoms with Crippen molar-refractivity contribution >= 4 is 15.9 Å². The lowest BCUT2D eigenvalue weighted by Crippen LogP contribution is -2.64. The van der Waals surface area contributed by atoms with Crippen molar-refractivity contribution in [3.63, 3.8) is 0 Å². The molecule has 24 heavy (non-hydrogen) atoms. The van der Waals surface area contributed by atoms with Crippen molar-refractivity contribution in [2.24, 2.45) is 5.92 Å². The van der Waals surface area contributed by atoms with E-state index in [4.69, 9.17) is 0 Å². The molecule has 0 atom stereocenters. The fraction of sp³-hybridized carbons (Fsp3) is 0.625. The van der Waals surface area contributed by atoms with Gasteiger partial charge in [0, 0.05) is 17.8 Å². The highest BCUT2D eigenvalue weighted by atomic mass is 32.2. The van der Waals surface area contributed by atoms with Gasteiger partial charge in [-0.15, -0.1) is 0 Å². The van der Waals surface area contributed by atoms with Gasteiger partial charge < -0.3 is 0 Å². The topological polar surface area (TPSA) is 49.4 Å². The average molecular weight is 362 g/mol. The number of nitrogens with zero attached hydrogens (tertiary/aromatic N) is 1. The Hall–Kier alpha value is -1.28. The Labute approximate surface area is 140 Å². The van der Waals surface area contributed by atoms with Crippen LogP contribution in [0.5, 0.6) is 0 Å². The first-order valence-corrected chi connectivity index (χ1v) is 9.54. The molecule has 1 heterocycles. The van der Waals surface area contributed by atoms with Crippen molar-refractivity contribution in [2.45, 2.75) is 50.7 Å². The molecule has 8 heteroatoms. The van der Waals surface area contributed by atoms with Gasteiger partial charge in [0.25, 0.3) is 0 Å². The van der Waals surface area contributed by atoms with E-state index in [2.05, 4.69) is 11.6 Å². The molecule has 1 N–H and O–H groups in total. The normalized spacial score (nSPS) is 28.6. The van der Waals surface area contributed by atoms with Gasteiger partial charge in [0.15, 0.2) is 0 Å². The standard InChI is InChI=1S/C16H21F3N2O2S/c1-12-6-8-15(9-7-12)10-11-21(15)24(22,23)20-14-4-2-13(3-5-14)16(17,18)19/h2-5,12,20H,6-11H2,1H3. The molecule has 1 spiro atoms. The van der Waals surface area contributed by atoms with Gasteiger partial charge in [-0.1, -0.05) is 6.92 Å². The molecule has 1 aromatic carbocycles. The fourth-order valence-corrected chi connectivity index (χ4v) is 5.28. The van der Waals surface area contributed by atoms with E-state index in [9.17, 15) is 21.6 Å². The minimum absolute atomic E-state index is 0.147. The monoisotopic (exact) mass is 362 g/mol. The van der Waals surface area contributed by atoms with E-state index in [0.717, 1.165) is 56.4 Å². The zero-order valence-electron chi connectivity index (χ0n) is 13.4. The van der Waals surface area contributed by atoms with Crippen LogP contribution in [0.15, 0.2) is 24.3 Å². The molecule has 1 saturated carbocycles. The summed E-state index contributed by atoms with van der Waals surface area (Å²) in [6, 6.07) is 4.06. The van der Waals surface area contributed by atoms with E-state index in [0.29, 0.717) is 12.5 Å². The summed E-state index contributed by atoms with van der Waals surface area (Å²) in [5, 5.41) is 0. The molecule has 0 radical (unpaired) electrons. The molecule has 1 aliphatic heterocycles. The van der Waals surface area contributed by atoms with Crippen LogP contribution in [0.3, 0.4) is 0 Å². The lowest BCUT2D eigenvalue weighted by Gasteiger charge is -2.54. The molecule has 1 aromatic rings. The lowest BCUT2D eigenvalue weighted by atomic mass is 9.71. The molecule has 0 amide bonds. The van der Waals surface area contributed by atoms with Crippen LogP contribution in [-0.4, -0.2) is 24.8 Å². The highest BCUT2D eigenvalue weighted by Gasteiger charge is 2.51. The molecular weight excluding hydrogens is 341 g/mol. The van der Waals surface area contributed by atoms with Crippen molar-refractivity contribution in [2.75, 3.05) is 11.3 Å². The number of hydrogen-bond donors (Lipinski definition) is 1. The fourth-order valence-electron chi connectivity index (χ4n) is 3.62. The van der Waals surface area contributed by atoms with Crippen LogP contribution in [0.25, 0.3) is 0 Å². The van der Waals surface area contributed by atoms with Crippen molar-refractivity contribution in [1.29, 1.82) is 0 Å². The van der Waals surface area contributed by atoms with E-state index in [1.165, 1.54) is 4.31 Å². The highest BCUT2D eigenvalue weighted by Crippen LogP contribution is 2.46. The molecular formula is C16H21F3N2O2S. The van der Waals surface area contributed by atoms with Crippen molar-refractivity contribution in [1.82, 2.24) is 4.31 Å². The zero-order chi connectivity index (χ0) is 17.6. The van der Waals surface area contributed by atoms with Crippen molar-refractivity contribution in [3.05, 3.63) is 29.8 Å². The number of nitrogens with one attached hydrogen (secondary N) is 1. The molecule has 0 aromatic heterocycles. The van der Waals surface area contributed by atoms with Gasteiger partial charge in [-0.2, -0.15) is 25.9 Å². The van der Waals surface area contributed by atoms with Gasteiger partial charge in [-0.25, -0.2) is 0 Å². The van der Waals surface area contributed by atoms with Gasteiger partial charge in [0.05, 0.1) is 5.56 Å².